The first-order valence-corrected chi connectivity index (χ1v) is 12.9. The second kappa shape index (κ2) is 12.5. The van der Waals surface area contributed by atoms with Gasteiger partial charge in [-0.25, -0.2) is 14.0 Å². The van der Waals surface area contributed by atoms with Crippen molar-refractivity contribution >= 4 is 17.5 Å². The molecule has 0 fully saturated rings. The van der Waals surface area contributed by atoms with E-state index in [9.17, 15) is 14.7 Å². The third-order valence-corrected chi connectivity index (χ3v) is 6.42. The summed E-state index contributed by atoms with van der Waals surface area (Å²) in [4.78, 5) is 29.5. The van der Waals surface area contributed by atoms with Gasteiger partial charge in [0, 0.05) is 23.4 Å². The van der Waals surface area contributed by atoms with Gasteiger partial charge in [-0.3, -0.25) is 10.4 Å². The summed E-state index contributed by atoms with van der Waals surface area (Å²) in [6.07, 6.45) is 0.592. The number of carboxylic acids is 1. The molecule has 1 aromatic heterocycles. The number of rotatable bonds is 12. The highest BCUT2D eigenvalue weighted by Crippen LogP contribution is 2.33. The molecule has 4 aromatic rings. The summed E-state index contributed by atoms with van der Waals surface area (Å²) >= 11 is 0. The Bertz CT molecular complexity index is 1610. The minimum Gasteiger partial charge on any atom is -0.489 e. The van der Waals surface area contributed by atoms with E-state index in [2.05, 4.69) is 15.4 Å². The molecule has 0 radical (unpaired) electrons. The number of halogens is 1. The van der Waals surface area contributed by atoms with Crippen LogP contribution in [0.25, 0.3) is 5.69 Å². The van der Waals surface area contributed by atoms with Gasteiger partial charge in [0.05, 0.1) is 11.3 Å². The summed E-state index contributed by atoms with van der Waals surface area (Å²) in [5.74, 6) is -1.83. The maximum absolute atomic E-state index is 16.1. The second-order valence-electron chi connectivity index (χ2n) is 9.62. The number of carboxylic acid groups (broad SMARTS) is 1. The van der Waals surface area contributed by atoms with E-state index in [1.54, 1.807) is 48.5 Å². The Hall–Kier alpha value is -4.97. The summed E-state index contributed by atoms with van der Waals surface area (Å²) in [6, 6.07) is 14.9. The first-order chi connectivity index (χ1) is 19.6. The number of anilines is 1. The summed E-state index contributed by atoms with van der Waals surface area (Å²) in [5, 5.41) is 24.9. The molecular weight excluding hydrogens is 529 g/mol. The van der Waals surface area contributed by atoms with E-state index < -0.39 is 23.5 Å². The fourth-order valence-electron chi connectivity index (χ4n) is 4.22. The maximum Gasteiger partial charge on any atom is 0.348 e. The molecule has 0 aliphatic rings. The molecule has 0 bridgehead atoms. The van der Waals surface area contributed by atoms with Crippen molar-refractivity contribution in [3.63, 3.8) is 0 Å². The zero-order chi connectivity index (χ0) is 29.7. The molecule has 0 aliphatic heterocycles. The number of nitrogens with zero attached hydrogens (tertiary/aromatic N) is 3. The van der Waals surface area contributed by atoms with Gasteiger partial charge in [-0.15, -0.1) is 5.10 Å². The third-order valence-electron chi connectivity index (χ3n) is 6.42. The molecule has 3 aromatic carbocycles. The lowest BCUT2D eigenvalue weighted by Gasteiger charge is -2.21. The molecule has 0 saturated heterocycles. The second-order valence-corrected chi connectivity index (χ2v) is 9.62. The number of hydrogen-bond donors (Lipinski definition) is 5. The number of aryl methyl sites for hydroxylation is 1. The van der Waals surface area contributed by atoms with Gasteiger partial charge in [0.15, 0.2) is 17.4 Å². The van der Waals surface area contributed by atoms with Crippen molar-refractivity contribution in [2.75, 3.05) is 32.6 Å². The minimum atomic E-state index is -1.22. The van der Waals surface area contributed by atoms with Crippen LogP contribution < -0.4 is 21.5 Å². The third kappa shape index (κ3) is 6.61. The van der Waals surface area contributed by atoms with Crippen molar-refractivity contribution < 1.29 is 19.0 Å². The average molecular weight is 562 g/mol. The Balaban J connectivity index is 1.85. The Morgan fingerprint density at radius 1 is 1.22 bits per heavy atom. The van der Waals surface area contributed by atoms with Crippen LogP contribution >= 0.6 is 0 Å². The monoisotopic (exact) mass is 561 g/mol. The molecule has 0 saturated carbocycles. The molecule has 12 heteroatoms. The van der Waals surface area contributed by atoms with Gasteiger partial charge in [0.2, 0.25) is 0 Å². The summed E-state index contributed by atoms with van der Waals surface area (Å²) in [5.41, 5.74) is 6.86. The molecular formula is C29H32FN7O4. The number of hydrogen-bond acceptors (Lipinski definition) is 7. The highest BCUT2D eigenvalue weighted by Gasteiger charge is 2.27. The molecule has 41 heavy (non-hydrogen) atoms. The van der Waals surface area contributed by atoms with Crippen molar-refractivity contribution in [2.45, 2.75) is 19.4 Å². The molecule has 4 rings (SSSR count). The van der Waals surface area contributed by atoms with Gasteiger partial charge in [-0.1, -0.05) is 25.1 Å². The first kappa shape index (κ1) is 29.0. The van der Waals surface area contributed by atoms with Crippen LogP contribution in [0.5, 0.6) is 5.75 Å². The van der Waals surface area contributed by atoms with Crippen LogP contribution in [0.3, 0.4) is 0 Å². The number of amidine groups is 1. The van der Waals surface area contributed by atoms with Crippen molar-refractivity contribution in [3.8, 4) is 11.4 Å². The van der Waals surface area contributed by atoms with Gasteiger partial charge in [-0.2, -0.15) is 4.68 Å². The lowest BCUT2D eigenvalue weighted by molar-refractivity contribution is 0.0696. The van der Waals surface area contributed by atoms with Gasteiger partial charge in [-0.05, 0) is 68.5 Å². The van der Waals surface area contributed by atoms with E-state index in [4.69, 9.17) is 15.9 Å². The van der Waals surface area contributed by atoms with E-state index in [-0.39, 0.29) is 40.8 Å². The number of benzene rings is 3. The topological polar surface area (TPSA) is 162 Å². The number of carbonyl (C=O) groups is 1. The van der Waals surface area contributed by atoms with Crippen LogP contribution in [0.2, 0.25) is 0 Å². The van der Waals surface area contributed by atoms with Crippen LogP contribution in [-0.2, 0) is 6.42 Å². The highest BCUT2D eigenvalue weighted by atomic mass is 19.1. The molecule has 0 spiro atoms. The molecule has 6 N–H and O–H groups in total. The lowest BCUT2D eigenvalue weighted by atomic mass is 10.00. The van der Waals surface area contributed by atoms with E-state index in [1.807, 2.05) is 25.9 Å². The fourth-order valence-corrected chi connectivity index (χ4v) is 4.22. The zero-order valence-corrected chi connectivity index (χ0v) is 22.9. The zero-order valence-electron chi connectivity index (χ0n) is 22.9. The number of H-pyrrole nitrogens is 1. The largest absolute Gasteiger partial charge is 0.489 e. The van der Waals surface area contributed by atoms with E-state index >= 15 is 4.39 Å². The quantitative estimate of drug-likeness (QED) is 0.130. The highest BCUT2D eigenvalue weighted by molar-refractivity contribution is 5.95. The fraction of sp³-hybridized carbons (Fsp3) is 0.241. The predicted octanol–water partition coefficient (Wildman–Crippen LogP) is 3.39. The summed E-state index contributed by atoms with van der Waals surface area (Å²) < 4.78 is 22.8. The molecule has 1 heterocycles. The smallest absolute Gasteiger partial charge is 0.348 e. The Labute approximate surface area is 235 Å². The van der Waals surface area contributed by atoms with Gasteiger partial charge >= 0.3 is 11.7 Å². The van der Waals surface area contributed by atoms with Crippen LogP contribution in [0.15, 0.2) is 65.5 Å². The van der Waals surface area contributed by atoms with E-state index in [0.717, 1.165) is 10.2 Å². The molecule has 0 aliphatic carbocycles. The average Bonchev–Trinajstić information content (AvgIpc) is 3.33. The Kier molecular flexibility index (Phi) is 8.83. The lowest BCUT2D eigenvalue weighted by Crippen LogP contribution is -2.21. The first-order valence-electron chi connectivity index (χ1n) is 12.9. The van der Waals surface area contributed by atoms with Crippen LogP contribution in [0.4, 0.5) is 10.1 Å². The Morgan fingerprint density at radius 2 is 1.93 bits per heavy atom. The van der Waals surface area contributed by atoms with Gasteiger partial charge < -0.3 is 25.8 Å². The number of aromatic nitrogens is 3. The number of aromatic amines is 1. The minimum absolute atomic E-state index is 0.0530. The van der Waals surface area contributed by atoms with Gasteiger partial charge in [0.25, 0.3) is 0 Å². The number of likely N-dealkylation sites (N-methyl/N-ethyl adjacent to an activating group) is 1. The number of ether oxygens (including phenoxy) is 1. The standard InChI is InChI=1S/C29H32FN7O4/c1-4-17-15-21(24(30)23(16-17)41-14-13-36(2)3)25(33-19-11-9-18(10-12-19)26(31)32)27-34-29(40)37(35-27)22-8-6-5-7-20(22)28(38)39/h5-12,15-16,25,33H,4,13-14H2,1-3H3,(H3,31,32)(H,38,39)(H,34,35,40). The van der Waals surface area contributed by atoms with Crippen molar-refractivity contribution in [3.05, 3.63) is 105 Å². The number of nitrogen functional groups attached to an aromatic ring is 1. The number of nitrogens with two attached hydrogens (primary N) is 1. The molecule has 1 atom stereocenters. The normalized spacial score (nSPS) is 11.8. The van der Waals surface area contributed by atoms with Crippen molar-refractivity contribution in [2.24, 2.45) is 5.73 Å². The van der Waals surface area contributed by atoms with E-state index in [1.165, 1.54) is 12.1 Å². The molecule has 1 unspecified atom stereocenters. The van der Waals surface area contributed by atoms with Crippen LogP contribution in [0, 0.1) is 11.2 Å². The number of nitrogens with one attached hydrogen (secondary N) is 3. The van der Waals surface area contributed by atoms with E-state index in [0.29, 0.717) is 24.2 Å². The Morgan fingerprint density at radius 3 is 2.56 bits per heavy atom. The van der Waals surface area contributed by atoms with Crippen LogP contribution in [0.1, 0.15) is 45.8 Å². The summed E-state index contributed by atoms with van der Waals surface area (Å²) in [7, 11) is 3.78. The number of aromatic carboxylic acids is 1. The maximum atomic E-state index is 16.1. The molecule has 214 valence electrons. The SMILES string of the molecule is CCc1cc(OCCN(C)C)c(F)c(C(Nc2ccc(C(=N)N)cc2)c2nn(-c3ccccc3C(=O)O)c(=O)[nH]2)c1. The van der Waals surface area contributed by atoms with Crippen molar-refractivity contribution in [1.29, 1.82) is 5.41 Å². The number of para-hydroxylation sites is 1. The molecule has 0 amide bonds. The van der Waals surface area contributed by atoms with Gasteiger partial charge in [0.1, 0.15) is 18.5 Å². The molecule has 11 nitrogen and oxygen atoms in total. The predicted molar refractivity (Wildman–Crippen MR) is 154 cm³/mol. The van der Waals surface area contributed by atoms with Crippen molar-refractivity contribution in [1.82, 2.24) is 19.7 Å². The summed E-state index contributed by atoms with van der Waals surface area (Å²) in [6.45, 7) is 2.78. The van der Waals surface area contributed by atoms with Crippen LogP contribution in [-0.4, -0.2) is 63.8 Å².